The second-order valence-corrected chi connectivity index (χ2v) is 7.00. The van der Waals surface area contributed by atoms with Crippen LogP contribution in [0.25, 0.3) is 0 Å². The fourth-order valence-corrected chi connectivity index (χ4v) is 4.57. The van der Waals surface area contributed by atoms with Crippen molar-refractivity contribution in [3.63, 3.8) is 0 Å². The minimum absolute atomic E-state index is 0.0620. The Morgan fingerprint density at radius 2 is 1.84 bits per heavy atom. The molecule has 2 amide bonds. The van der Waals surface area contributed by atoms with Crippen LogP contribution in [-0.4, -0.2) is 64.0 Å². The van der Waals surface area contributed by atoms with E-state index < -0.39 is 47.8 Å². The van der Waals surface area contributed by atoms with Gasteiger partial charge in [-0.05, 0) is 19.8 Å². The number of aliphatic hydroxyl groups excluding tert-OH is 2. The summed E-state index contributed by atoms with van der Waals surface area (Å²) in [4.78, 5) is 50.1. The molecule has 2 N–H and O–H groups in total. The number of aliphatic hydroxyl groups is 2. The average Bonchev–Trinajstić information content (AvgIpc) is 2.82. The molecule has 8 heteroatoms. The van der Waals surface area contributed by atoms with Crippen molar-refractivity contribution in [1.82, 2.24) is 4.90 Å². The molecule has 0 aromatic heterocycles. The highest BCUT2D eigenvalue weighted by Gasteiger charge is 2.59. The highest BCUT2D eigenvalue weighted by Crippen LogP contribution is 2.49. The van der Waals surface area contributed by atoms with Crippen LogP contribution < -0.4 is 0 Å². The van der Waals surface area contributed by atoms with Gasteiger partial charge in [0.25, 0.3) is 0 Å². The molecule has 3 aliphatic rings. The zero-order chi connectivity index (χ0) is 18.3. The van der Waals surface area contributed by atoms with Gasteiger partial charge in [-0.3, -0.25) is 24.1 Å². The van der Waals surface area contributed by atoms with Crippen LogP contribution in [0.4, 0.5) is 0 Å². The molecule has 1 heterocycles. The van der Waals surface area contributed by atoms with Crippen LogP contribution in [0.3, 0.4) is 0 Å². The Balaban J connectivity index is 1.79. The van der Waals surface area contributed by atoms with Gasteiger partial charge in [-0.1, -0.05) is 0 Å². The van der Waals surface area contributed by atoms with E-state index in [9.17, 15) is 29.4 Å². The largest absolute Gasteiger partial charge is 0.466 e. The van der Waals surface area contributed by atoms with E-state index in [-0.39, 0.29) is 37.7 Å². The number of esters is 1. The monoisotopic (exact) mass is 353 g/mol. The Hall–Kier alpha value is -1.80. The van der Waals surface area contributed by atoms with Crippen LogP contribution in [0.1, 0.15) is 32.6 Å². The summed E-state index contributed by atoms with van der Waals surface area (Å²) in [6.45, 7) is 1.83. The lowest BCUT2D eigenvalue weighted by Crippen LogP contribution is -2.54. The third kappa shape index (κ3) is 2.97. The number of carbonyl (C=O) groups is 4. The maximum atomic E-state index is 12.8. The predicted octanol–water partition coefficient (Wildman–Crippen LogP) is -0.738. The Kier molecular flexibility index (Phi) is 4.92. The first-order valence-corrected chi connectivity index (χ1v) is 8.76. The van der Waals surface area contributed by atoms with Crippen molar-refractivity contribution in [2.75, 3.05) is 13.2 Å². The average molecular weight is 353 g/mol. The first kappa shape index (κ1) is 18.0. The third-order valence-corrected chi connectivity index (χ3v) is 5.69. The maximum Gasteiger partial charge on any atom is 0.307 e. The lowest BCUT2D eigenvalue weighted by atomic mass is 9.60. The molecule has 0 radical (unpaired) electrons. The van der Waals surface area contributed by atoms with Gasteiger partial charge in [0.1, 0.15) is 5.78 Å². The van der Waals surface area contributed by atoms with Crippen molar-refractivity contribution >= 4 is 23.6 Å². The molecule has 3 fully saturated rings. The number of carbonyl (C=O) groups excluding carboxylic acids is 4. The summed E-state index contributed by atoms with van der Waals surface area (Å²) >= 11 is 0. The molecule has 0 unspecified atom stereocenters. The van der Waals surface area contributed by atoms with Crippen molar-refractivity contribution in [1.29, 1.82) is 0 Å². The lowest BCUT2D eigenvalue weighted by Gasteiger charge is -2.44. The van der Waals surface area contributed by atoms with Crippen LogP contribution in [0.15, 0.2) is 0 Å². The summed E-state index contributed by atoms with van der Waals surface area (Å²) in [6.07, 6.45) is -1.77. The normalized spacial score (nSPS) is 37.7. The van der Waals surface area contributed by atoms with E-state index in [1.54, 1.807) is 6.92 Å². The molecule has 2 saturated carbocycles. The summed E-state index contributed by atoms with van der Waals surface area (Å²) in [5, 5.41) is 20.3. The molecule has 0 bridgehead atoms. The van der Waals surface area contributed by atoms with Gasteiger partial charge in [0.05, 0.1) is 37.1 Å². The Labute approximate surface area is 145 Å². The van der Waals surface area contributed by atoms with E-state index >= 15 is 0 Å². The highest BCUT2D eigenvalue weighted by atomic mass is 16.5. The lowest BCUT2D eigenvalue weighted by molar-refractivity contribution is -0.156. The van der Waals surface area contributed by atoms with Crippen molar-refractivity contribution in [3.05, 3.63) is 0 Å². The van der Waals surface area contributed by atoms with Crippen molar-refractivity contribution in [3.8, 4) is 0 Å². The van der Waals surface area contributed by atoms with E-state index in [4.69, 9.17) is 4.74 Å². The topological polar surface area (TPSA) is 121 Å². The van der Waals surface area contributed by atoms with Crippen LogP contribution >= 0.6 is 0 Å². The molecular weight excluding hydrogens is 330 g/mol. The first-order valence-electron chi connectivity index (χ1n) is 8.76. The molecular formula is C17H23NO7. The van der Waals surface area contributed by atoms with E-state index in [1.807, 2.05) is 0 Å². The quantitative estimate of drug-likeness (QED) is 0.504. The molecule has 2 aliphatic carbocycles. The fraction of sp³-hybridized carbons (Fsp3) is 0.765. The van der Waals surface area contributed by atoms with Gasteiger partial charge in [-0.25, -0.2) is 0 Å². The minimum Gasteiger partial charge on any atom is -0.466 e. The highest BCUT2D eigenvalue weighted by molar-refractivity contribution is 6.06. The molecule has 3 rings (SSSR count). The Morgan fingerprint density at radius 1 is 1.16 bits per heavy atom. The van der Waals surface area contributed by atoms with Gasteiger partial charge >= 0.3 is 5.97 Å². The molecule has 138 valence electrons. The van der Waals surface area contributed by atoms with Crippen molar-refractivity contribution in [2.45, 2.75) is 44.8 Å². The van der Waals surface area contributed by atoms with E-state index in [2.05, 4.69) is 0 Å². The SMILES string of the molecule is CCOC(=O)CCN1C(=O)[C@H]2[C@H]3[C@H](O)[C@H](O)CC(=O)[C@H]3CC[C@H]2C1=O. The summed E-state index contributed by atoms with van der Waals surface area (Å²) < 4.78 is 4.82. The Bertz CT molecular complexity index is 604. The molecule has 1 saturated heterocycles. The van der Waals surface area contributed by atoms with Gasteiger partial charge in [0.2, 0.25) is 11.8 Å². The van der Waals surface area contributed by atoms with Crippen LogP contribution in [0.2, 0.25) is 0 Å². The van der Waals surface area contributed by atoms with Gasteiger partial charge in [-0.2, -0.15) is 0 Å². The Morgan fingerprint density at radius 3 is 2.52 bits per heavy atom. The van der Waals surface area contributed by atoms with Gasteiger partial charge in [-0.15, -0.1) is 0 Å². The van der Waals surface area contributed by atoms with Crippen molar-refractivity contribution in [2.24, 2.45) is 23.7 Å². The maximum absolute atomic E-state index is 12.8. The van der Waals surface area contributed by atoms with Crippen molar-refractivity contribution < 1.29 is 34.1 Å². The number of hydrogen-bond acceptors (Lipinski definition) is 7. The molecule has 0 spiro atoms. The number of likely N-dealkylation sites (tertiary alicyclic amines) is 1. The second-order valence-electron chi connectivity index (χ2n) is 7.00. The number of ether oxygens (including phenoxy) is 1. The van der Waals surface area contributed by atoms with Gasteiger partial charge in [0, 0.05) is 24.8 Å². The number of rotatable bonds is 4. The van der Waals surface area contributed by atoms with E-state index in [0.29, 0.717) is 12.8 Å². The van der Waals surface area contributed by atoms with Gasteiger partial charge < -0.3 is 14.9 Å². The second kappa shape index (κ2) is 6.84. The minimum atomic E-state index is -1.20. The van der Waals surface area contributed by atoms with Crippen LogP contribution in [0.5, 0.6) is 0 Å². The van der Waals surface area contributed by atoms with Crippen LogP contribution in [0, 0.1) is 23.7 Å². The zero-order valence-corrected chi connectivity index (χ0v) is 14.1. The third-order valence-electron chi connectivity index (χ3n) is 5.69. The number of Topliss-reactive ketones (excluding diaryl/α,β-unsaturated/α-hetero) is 1. The molecule has 25 heavy (non-hydrogen) atoms. The molecule has 1 aliphatic heterocycles. The summed E-state index contributed by atoms with van der Waals surface area (Å²) in [7, 11) is 0. The fourth-order valence-electron chi connectivity index (χ4n) is 4.57. The summed E-state index contributed by atoms with van der Waals surface area (Å²) in [5.74, 6) is -4.11. The number of amides is 2. The molecule has 8 nitrogen and oxygen atoms in total. The summed E-state index contributed by atoms with van der Waals surface area (Å²) in [6, 6.07) is 0. The number of fused-ring (bicyclic) bond motifs is 3. The molecule has 0 aromatic carbocycles. The van der Waals surface area contributed by atoms with Gasteiger partial charge in [0.15, 0.2) is 0 Å². The summed E-state index contributed by atoms with van der Waals surface area (Å²) in [5.41, 5.74) is 0. The number of imide groups is 1. The van der Waals surface area contributed by atoms with E-state index in [1.165, 1.54) is 0 Å². The number of ketones is 1. The van der Waals surface area contributed by atoms with E-state index in [0.717, 1.165) is 4.90 Å². The van der Waals surface area contributed by atoms with Crippen LogP contribution in [-0.2, 0) is 23.9 Å². The standard InChI is InChI=1S/C17H23NO7/c1-2-25-12(21)5-6-18-16(23)9-4-3-8-10(19)7-11(20)15(22)13(8)14(9)17(18)24/h8-9,11,13-15,20,22H,2-7H2,1H3/t8-,9-,11-,13+,14-,15-/m1/s1. The smallest absolute Gasteiger partial charge is 0.307 e. The predicted molar refractivity (Wildman–Crippen MR) is 82.8 cm³/mol. The number of hydrogen-bond donors (Lipinski definition) is 2. The zero-order valence-electron chi connectivity index (χ0n) is 14.1. The molecule has 6 atom stereocenters. The number of nitrogens with zero attached hydrogens (tertiary/aromatic N) is 1. The molecule has 0 aromatic rings. The first-order chi connectivity index (χ1) is 11.9.